The minimum Gasteiger partial charge on any atom is -0.443 e. The van der Waals surface area contributed by atoms with E-state index in [1.807, 2.05) is 0 Å². The minimum atomic E-state index is -1.19. The molecule has 334 valence electrons. The van der Waals surface area contributed by atoms with Crippen molar-refractivity contribution in [3.05, 3.63) is 78.6 Å². The number of imide groups is 1. The summed E-state index contributed by atoms with van der Waals surface area (Å²) in [6, 6.07) is 1.12. The highest BCUT2D eigenvalue weighted by Gasteiger charge is 2.42. The molecule has 0 bridgehead atoms. The van der Waals surface area contributed by atoms with Gasteiger partial charge in [0.2, 0.25) is 0 Å². The highest BCUT2D eigenvalue weighted by molar-refractivity contribution is 5.94. The number of carbonyl (C=O) groups is 4. The number of ether oxygens (including phenoxy) is 6. The normalized spacial score (nSPS) is 17.4. The first-order valence-electron chi connectivity index (χ1n) is 19.4. The first-order valence-corrected chi connectivity index (χ1v) is 19.4. The maximum Gasteiger partial charge on any atom is 0.509 e. The molecule has 4 rings (SSSR count). The van der Waals surface area contributed by atoms with Crippen LogP contribution in [0, 0.1) is 23.0 Å². The third-order valence-electron chi connectivity index (χ3n) is 8.51. The molecule has 1 aliphatic heterocycles. The fraction of sp³-hybridized carbons (Fsp3) is 0.615. The van der Waals surface area contributed by atoms with Crippen molar-refractivity contribution in [3.63, 3.8) is 0 Å². The number of hydrogen-bond acceptors (Lipinski definition) is 17. The Kier molecular flexibility index (Phi) is 14.5. The van der Waals surface area contributed by atoms with Crippen molar-refractivity contribution in [3.8, 4) is 0 Å². The monoisotopic (exact) mass is 858 g/mol. The number of pyridine rings is 1. The Morgan fingerprint density at radius 2 is 1.57 bits per heavy atom. The molecular weight excluding hydrogens is 804 g/mol. The molecule has 0 radical (unpaired) electrons. The van der Waals surface area contributed by atoms with Crippen LogP contribution in [0.4, 0.5) is 20.1 Å². The predicted octanol–water partition coefficient (Wildman–Crippen LogP) is 4.98. The van der Waals surface area contributed by atoms with Crippen LogP contribution in [-0.2, 0) is 46.3 Å². The van der Waals surface area contributed by atoms with Crippen LogP contribution < -0.4 is 11.2 Å². The van der Waals surface area contributed by atoms with Gasteiger partial charge in [0.15, 0.2) is 0 Å². The molecule has 4 atom stereocenters. The second-order valence-electron chi connectivity index (χ2n) is 17.7. The number of nitrogens with zero attached hydrogens (tertiary/aromatic N) is 8. The summed E-state index contributed by atoms with van der Waals surface area (Å²) >= 11 is 0. The van der Waals surface area contributed by atoms with E-state index in [4.69, 9.17) is 28.4 Å². The Balaban J connectivity index is 1.64. The van der Waals surface area contributed by atoms with Gasteiger partial charge in [-0.2, -0.15) is 0 Å². The van der Waals surface area contributed by atoms with Gasteiger partial charge < -0.3 is 28.4 Å². The van der Waals surface area contributed by atoms with Gasteiger partial charge in [-0.15, -0.1) is 5.10 Å². The highest BCUT2D eigenvalue weighted by Crippen LogP contribution is 2.31. The van der Waals surface area contributed by atoms with Crippen LogP contribution in [-0.4, -0.2) is 98.9 Å². The minimum absolute atomic E-state index is 0.0427. The van der Waals surface area contributed by atoms with Crippen LogP contribution >= 0.6 is 0 Å². The molecule has 22 nitrogen and oxygen atoms in total. The number of aromatic nitrogens is 6. The Hall–Kier alpha value is -6.19. The van der Waals surface area contributed by atoms with E-state index in [0.717, 1.165) is 20.1 Å². The lowest BCUT2D eigenvalue weighted by Crippen LogP contribution is -2.45. The zero-order valence-electron chi connectivity index (χ0n) is 36.4. The molecule has 1 saturated heterocycles. The molecule has 0 saturated carbocycles. The number of amides is 2. The third-order valence-corrected chi connectivity index (χ3v) is 8.51. The van der Waals surface area contributed by atoms with E-state index in [9.17, 15) is 38.9 Å². The molecule has 0 aromatic carbocycles. The Morgan fingerprint density at radius 1 is 0.951 bits per heavy atom. The first kappa shape index (κ1) is 47.5. The molecule has 22 heteroatoms. The number of carbonyl (C=O) groups excluding carboxylic acids is 4. The second kappa shape index (κ2) is 18.6. The van der Waals surface area contributed by atoms with E-state index in [1.165, 1.54) is 36.3 Å². The lowest BCUT2D eigenvalue weighted by atomic mass is 10.0. The summed E-state index contributed by atoms with van der Waals surface area (Å²) in [5.74, 6) is -1.32. The van der Waals surface area contributed by atoms with Gasteiger partial charge in [-0.1, -0.05) is 19.1 Å². The molecule has 4 heterocycles. The zero-order chi connectivity index (χ0) is 45.8. The number of aryl methyl sites for hydroxylation is 1. The lowest BCUT2D eigenvalue weighted by molar-refractivity contribution is -0.385. The Bertz CT molecular complexity index is 2230. The topological polar surface area (TPSA) is 258 Å². The van der Waals surface area contributed by atoms with Crippen LogP contribution in [0.5, 0.6) is 0 Å². The molecule has 0 N–H and O–H groups in total. The lowest BCUT2D eigenvalue weighted by Gasteiger charge is -2.29. The molecule has 2 amide bonds. The summed E-state index contributed by atoms with van der Waals surface area (Å²) in [5, 5.41) is 19.7. The van der Waals surface area contributed by atoms with E-state index < -0.39 is 107 Å². The van der Waals surface area contributed by atoms with Gasteiger partial charge in [0, 0.05) is 36.5 Å². The standard InChI is InChI=1S/C39H54N8O14/c1-22(2)30(32(49)45(34(51)59-37(4,5)6)18-24-15-26(47(54)55)13-14-40-24)46-20-25(41-42-46)19-44-31(48)23(3)17-43(33(44)50)29-16-27(58-36(53)61-39(10,11)12)28(57-29)21-56-35(52)60-38(7,8)9/h13-15,17,20,22,27-30H,16,18-19,21H2,1-12H3/t27-,28?,29?,30?/m0/s1. The highest BCUT2D eigenvalue weighted by atomic mass is 16.8. The van der Waals surface area contributed by atoms with Gasteiger partial charge in [-0.25, -0.2) is 28.8 Å². The average Bonchev–Trinajstić information content (AvgIpc) is 3.73. The smallest absolute Gasteiger partial charge is 0.443 e. The molecule has 1 aliphatic rings. The average molecular weight is 859 g/mol. The van der Waals surface area contributed by atoms with Gasteiger partial charge >= 0.3 is 24.1 Å². The van der Waals surface area contributed by atoms with E-state index in [-0.39, 0.29) is 29.1 Å². The summed E-state index contributed by atoms with van der Waals surface area (Å²) in [7, 11) is 0. The van der Waals surface area contributed by atoms with Crippen molar-refractivity contribution in [1.29, 1.82) is 0 Å². The van der Waals surface area contributed by atoms with E-state index in [0.29, 0.717) is 0 Å². The van der Waals surface area contributed by atoms with Gasteiger partial charge in [0.05, 0.1) is 29.9 Å². The predicted molar refractivity (Wildman–Crippen MR) is 212 cm³/mol. The van der Waals surface area contributed by atoms with Gasteiger partial charge in [0.1, 0.15) is 53.6 Å². The maximum absolute atomic E-state index is 14.3. The zero-order valence-corrected chi connectivity index (χ0v) is 36.4. The summed E-state index contributed by atoms with van der Waals surface area (Å²) in [6.45, 7) is 18.3. The van der Waals surface area contributed by atoms with Crippen LogP contribution in [0.3, 0.4) is 0 Å². The van der Waals surface area contributed by atoms with Gasteiger partial charge in [-0.3, -0.25) is 33.8 Å². The number of hydrogen-bond donors (Lipinski definition) is 0. The number of rotatable bonds is 12. The molecule has 3 aromatic rings. The van der Waals surface area contributed by atoms with Crippen molar-refractivity contribution in [2.45, 2.75) is 144 Å². The van der Waals surface area contributed by atoms with Crippen molar-refractivity contribution >= 4 is 30.0 Å². The van der Waals surface area contributed by atoms with Crippen molar-refractivity contribution in [1.82, 2.24) is 34.0 Å². The largest absolute Gasteiger partial charge is 0.509 e. The summed E-state index contributed by atoms with van der Waals surface area (Å²) in [6.07, 6.45) is -2.58. The molecule has 1 fully saturated rings. The fourth-order valence-electron chi connectivity index (χ4n) is 6.00. The summed E-state index contributed by atoms with van der Waals surface area (Å²) in [5.41, 5.74) is -4.31. The Morgan fingerprint density at radius 3 is 2.16 bits per heavy atom. The molecule has 3 aromatic heterocycles. The Labute approximate surface area is 351 Å². The van der Waals surface area contributed by atoms with Crippen molar-refractivity contribution in [2.75, 3.05) is 6.61 Å². The number of nitro groups is 1. The van der Waals surface area contributed by atoms with E-state index in [2.05, 4.69) is 15.3 Å². The van der Waals surface area contributed by atoms with Gasteiger partial charge in [-0.05, 0) is 75.2 Å². The van der Waals surface area contributed by atoms with Crippen LogP contribution in [0.15, 0.2) is 40.3 Å². The SMILES string of the molecule is Cc1cn(C2C[C@H](OC(=O)OC(C)(C)C)C(COC(=O)OC(C)(C)C)O2)c(=O)n(Cc2cn(C(C(=O)N(Cc3cc([N+](=O)[O-])ccn3)C(=O)OC(C)(C)C)C(C)C)nn2)c1=O. The molecule has 61 heavy (non-hydrogen) atoms. The molecule has 0 aliphatic carbocycles. The molecule has 0 spiro atoms. The van der Waals surface area contributed by atoms with Crippen molar-refractivity contribution in [2.24, 2.45) is 5.92 Å². The fourth-order valence-corrected chi connectivity index (χ4v) is 6.00. The third kappa shape index (κ3) is 13.1. The van der Waals surface area contributed by atoms with E-state index in [1.54, 1.807) is 76.2 Å². The molecular formula is C39H54N8O14. The maximum atomic E-state index is 14.3. The van der Waals surface area contributed by atoms with Crippen molar-refractivity contribution < 1.29 is 52.5 Å². The van der Waals surface area contributed by atoms with Crippen LogP contribution in [0.2, 0.25) is 0 Å². The second-order valence-corrected chi connectivity index (χ2v) is 17.7. The van der Waals surface area contributed by atoms with E-state index >= 15 is 0 Å². The van der Waals surface area contributed by atoms with Crippen LogP contribution in [0.25, 0.3) is 0 Å². The van der Waals surface area contributed by atoms with Crippen LogP contribution in [0.1, 0.15) is 112 Å². The molecule has 3 unspecified atom stereocenters. The summed E-state index contributed by atoms with van der Waals surface area (Å²) < 4.78 is 36.2. The quantitative estimate of drug-likeness (QED) is 0.101. The summed E-state index contributed by atoms with van der Waals surface area (Å²) in [4.78, 5) is 96.0. The van der Waals surface area contributed by atoms with Gasteiger partial charge in [0.25, 0.3) is 17.2 Å². The first-order chi connectivity index (χ1) is 28.1.